The van der Waals surface area contributed by atoms with E-state index in [1.807, 2.05) is 6.92 Å². The number of phenolic OH excluding ortho intramolecular Hbond substituents is 1. The van der Waals surface area contributed by atoms with Crippen LogP contribution in [0.25, 0.3) is 12.2 Å². The molecule has 0 spiro atoms. The third kappa shape index (κ3) is 1.71. The lowest BCUT2D eigenvalue weighted by molar-refractivity contribution is 0.158. The SMILES string of the molecule is C=C/C=c1/c(O)cc2c(/c1=C/C)[C@H](O)CN2O. The van der Waals surface area contributed by atoms with Crippen molar-refractivity contribution in [3.05, 3.63) is 34.7 Å². The molecule has 17 heavy (non-hydrogen) atoms. The van der Waals surface area contributed by atoms with Crippen LogP contribution in [-0.4, -0.2) is 22.0 Å². The molecule has 0 amide bonds. The topological polar surface area (TPSA) is 63.9 Å². The fourth-order valence-corrected chi connectivity index (χ4v) is 2.23. The lowest BCUT2D eigenvalue weighted by Gasteiger charge is -2.10. The zero-order chi connectivity index (χ0) is 12.6. The highest BCUT2D eigenvalue weighted by atomic mass is 16.5. The number of hydrogen-bond donors (Lipinski definition) is 3. The molecule has 0 aromatic heterocycles. The first-order chi connectivity index (χ1) is 8.10. The monoisotopic (exact) mass is 233 g/mol. The number of fused-ring (bicyclic) bond motifs is 1. The fourth-order valence-electron chi connectivity index (χ4n) is 2.23. The quantitative estimate of drug-likeness (QED) is 0.657. The maximum Gasteiger partial charge on any atom is 0.125 e. The van der Waals surface area contributed by atoms with Gasteiger partial charge in [-0.3, -0.25) is 10.3 Å². The lowest BCUT2D eigenvalue weighted by Crippen LogP contribution is -2.29. The maximum atomic E-state index is 9.90. The zero-order valence-electron chi connectivity index (χ0n) is 9.59. The van der Waals surface area contributed by atoms with E-state index in [-0.39, 0.29) is 12.3 Å². The van der Waals surface area contributed by atoms with E-state index in [1.165, 1.54) is 6.07 Å². The average Bonchev–Trinajstić information content (AvgIpc) is 2.56. The second-order valence-corrected chi connectivity index (χ2v) is 3.94. The average molecular weight is 233 g/mol. The van der Waals surface area contributed by atoms with Gasteiger partial charge < -0.3 is 10.2 Å². The van der Waals surface area contributed by atoms with Gasteiger partial charge in [0.15, 0.2) is 0 Å². The predicted molar refractivity (Wildman–Crippen MR) is 66.3 cm³/mol. The minimum absolute atomic E-state index is 0.0601. The Balaban J connectivity index is 2.91. The van der Waals surface area contributed by atoms with E-state index in [2.05, 4.69) is 6.58 Å². The molecule has 1 aliphatic rings. The Morgan fingerprint density at radius 2 is 2.18 bits per heavy atom. The van der Waals surface area contributed by atoms with E-state index >= 15 is 0 Å². The van der Waals surface area contributed by atoms with Crippen LogP contribution in [0.1, 0.15) is 18.6 Å². The smallest absolute Gasteiger partial charge is 0.125 e. The Morgan fingerprint density at radius 3 is 2.76 bits per heavy atom. The number of allylic oxidation sites excluding steroid dienone is 1. The van der Waals surface area contributed by atoms with Crippen molar-refractivity contribution in [2.45, 2.75) is 13.0 Å². The molecule has 1 aromatic rings. The summed E-state index contributed by atoms with van der Waals surface area (Å²) in [4.78, 5) is 0. The van der Waals surface area contributed by atoms with Crippen LogP contribution in [0.4, 0.5) is 5.69 Å². The Morgan fingerprint density at radius 1 is 1.47 bits per heavy atom. The van der Waals surface area contributed by atoms with Crippen molar-refractivity contribution in [1.29, 1.82) is 0 Å². The molecular formula is C13H15NO3. The van der Waals surface area contributed by atoms with Gasteiger partial charge in [0.25, 0.3) is 0 Å². The molecule has 4 heteroatoms. The number of aliphatic hydroxyl groups is 1. The van der Waals surface area contributed by atoms with Crippen LogP contribution in [0.15, 0.2) is 18.7 Å². The van der Waals surface area contributed by atoms with Gasteiger partial charge in [0.05, 0.1) is 12.2 Å². The standard InChI is InChI=1S/C13H15NO3/c1-3-5-9-8(4-2)13-10(6-11(9)15)14(17)7-12(13)16/h3-6,12,15-17H,1,7H2,2H3/b8-4+,9-5+/t12-/m1/s1. The van der Waals surface area contributed by atoms with Crippen molar-refractivity contribution in [3.8, 4) is 5.75 Å². The van der Waals surface area contributed by atoms with E-state index in [1.54, 1.807) is 18.2 Å². The number of benzene rings is 1. The minimum Gasteiger partial charge on any atom is -0.507 e. The van der Waals surface area contributed by atoms with E-state index in [4.69, 9.17) is 0 Å². The van der Waals surface area contributed by atoms with Gasteiger partial charge in [-0.15, -0.1) is 0 Å². The Labute approximate surface area is 99.0 Å². The van der Waals surface area contributed by atoms with Gasteiger partial charge in [0.2, 0.25) is 0 Å². The molecule has 4 nitrogen and oxygen atoms in total. The van der Waals surface area contributed by atoms with Crippen molar-refractivity contribution in [1.82, 2.24) is 0 Å². The number of phenols is 1. The van der Waals surface area contributed by atoms with Crippen molar-refractivity contribution in [3.63, 3.8) is 0 Å². The summed E-state index contributed by atoms with van der Waals surface area (Å²) in [5.74, 6) is 0.0601. The molecule has 90 valence electrons. The molecule has 1 aliphatic heterocycles. The van der Waals surface area contributed by atoms with E-state index in [0.29, 0.717) is 16.5 Å². The van der Waals surface area contributed by atoms with Crippen LogP contribution in [-0.2, 0) is 0 Å². The van der Waals surface area contributed by atoms with E-state index in [9.17, 15) is 15.4 Å². The lowest BCUT2D eigenvalue weighted by atomic mass is 10.0. The van der Waals surface area contributed by atoms with E-state index in [0.717, 1.165) is 10.3 Å². The Bertz CT molecular complexity index is 577. The van der Waals surface area contributed by atoms with Crippen LogP contribution in [0, 0.1) is 0 Å². The van der Waals surface area contributed by atoms with Crippen LogP contribution >= 0.6 is 0 Å². The van der Waals surface area contributed by atoms with Gasteiger partial charge in [0, 0.05) is 16.8 Å². The summed E-state index contributed by atoms with van der Waals surface area (Å²) >= 11 is 0. The number of aliphatic hydroxyl groups excluding tert-OH is 1. The highest BCUT2D eigenvalue weighted by Gasteiger charge is 2.28. The first-order valence-corrected chi connectivity index (χ1v) is 5.39. The summed E-state index contributed by atoms with van der Waals surface area (Å²) in [6.45, 7) is 5.54. The summed E-state index contributed by atoms with van der Waals surface area (Å²) in [6.07, 6.45) is 4.30. The Hall–Kier alpha value is -1.78. The highest BCUT2D eigenvalue weighted by Crippen LogP contribution is 2.31. The third-order valence-corrected chi connectivity index (χ3v) is 2.94. The Kier molecular flexibility index (Phi) is 2.92. The number of hydrogen-bond acceptors (Lipinski definition) is 4. The summed E-state index contributed by atoms with van der Waals surface area (Å²) in [7, 11) is 0. The van der Waals surface area contributed by atoms with Gasteiger partial charge in [-0.1, -0.05) is 24.8 Å². The maximum absolute atomic E-state index is 9.90. The molecular weight excluding hydrogens is 218 g/mol. The van der Waals surface area contributed by atoms with Crippen LogP contribution < -0.4 is 15.5 Å². The fraction of sp³-hybridized carbons (Fsp3) is 0.231. The number of hydroxylamine groups is 1. The summed E-state index contributed by atoms with van der Waals surface area (Å²) in [5, 5.41) is 31.7. The largest absolute Gasteiger partial charge is 0.507 e. The van der Waals surface area contributed by atoms with Gasteiger partial charge in [-0.05, 0) is 12.1 Å². The molecule has 1 atom stereocenters. The molecule has 3 N–H and O–H groups in total. The molecule has 0 saturated carbocycles. The first kappa shape index (κ1) is 11.7. The van der Waals surface area contributed by atoms with Gasteiger partial charge >= 0.3 is 0 Å². The van der Waals surface area contributed by atoms with Crippen molar-refractivity contribution < 1.29 is 15.4 Å². The minimum atomic E-state index is -0.751. The van der Waals surface area contributed by atoms with Crippen LogP contribution in [0.2, 0.25) is 0 Å². The number of rotatable bonds is 1. The number of β-amino-alcohol motifs (C(OH)–C–C–N with tert-alkyl or cyclic N) is 1. The van der Waals surface area contributed by atoms with Crippen LogP contribution in [0.5, 0.6) is 5.75 Å². The molecule has 0 radical (unpaired) electrons. The molecule has 0 saturated heterocycles. The van der Waals surface area contributed by atoms with Crippen molar-refractivity contribution in [2.75, 3.05) is 11.6 Å². The van der Waals surface area contributed by atoms with Crippen molar-refractivity contribution >= 4 is 17.8 Å². The van der Waals surface area contributed by atoms with Crippen molar-refractivity contribution in [2.24, 2.45) is 0 Å². The first-order valence-electron chi connectivity index (χ1n) is 5.39. The summed E-state index contributed by atoms with van der Waals surface area (Å²) in [6, 6.07) is 1.45. The van der Waals surface area contributed by atoms with Gasteiger partial charge in [0.1, 0.15) is 11.9 Å². The second-order valence-electron chi connectivity index (χ2n) is 3.94. The molecule has 2 rings (SSSR count). The third-order valence-electron chi connectivity index (χ3n) is 2.94. The number of anilines is 1. The summed E-state index contributed by atoms with van der Waals surface area (Å²) < 4.78 is 0. The molecule has 0 fully saturated rings. The number of nitrogens with zero attached hydrogens (tertiary/aromatic N) is 1. The summed E-state index contributed by atoms with van der Waals surface area (Å²) in [5.41, 5.74) is 1.09. The highest BCUT2D eigenvalue weighted by molar-refractivity contribution is 5.63. The molecule has 0 aliphatic carbocycles. The molecule has 1 aromatic carbocycles. The number of aromatic hydroxyl groups is 1. The molecule has 1 heterocycles. The second kappa shape index (κ2) is 4.24. The zero-order valence-corrected chi connectivity index (χ0v) is 9.59. The van der Waals surface area contributed by atoms with Crippen LogP contribution in [0.3, 0.4) is 0 Å². The van der Waals surface area contributed by atoms with E-state index < -0.39 is 6.10 Å². The van der Waals surface area contributed by atoms with Gasteiger partial charge in [-0.2, -0.15) is 0 Å². The predicted octanol–water partition coefficient (Wildman–Crippen LogP) is 0.402. The van der Waals surface area contributed by atoms with Gasteiger partial charge in [-0.25, -0.2) is 0 Å². The molecule has 0 bridgehead atoms. The normalized spacial score (nSPS) is 20.9. The molecule has 0 unspecified atom stereocenters.